The molecule has 1 aromatic carbocycles. The first-order valence-electron chi connectivity index (χ1n) is 4.42. The summed E-state index contributed by atoms with van der Waals surface area (Å²) in [6.45, 7) is 1.61. The minimum absolute atomic E-state index is 0.189. The van der Waals surface area contributed by atoms with Crippen LogP contribution in [0.3, 0.4) is 0 Å². The highest BCUT2D eigenvalue weighted by Crippen LogP contribution is 2.22. The molecular weight excluding hydrogens is 242 g/mol. The van der Waals surface area contributed by atoms with Crippen molar-refractivity contribution in [3.05, 3.63) is 34.4 Å². The monoisotopic (exact) mass is 251 g/mol. The van der Waals surface area contributed by atoms with Gasteiger partial charge < -0.3 is 4.98 Å². The molecule has 0 atom stereocenters. The second-order valence-corrected chi connectivity index (χ2v) is 4.30. The number of carbonyl (C=O) groups excluding carboxylic acids is 1. The number of fused-ring (bicyclic) bond motifs is 1. The predicted molar refractivity (Wildman–Crippen MR) is 60.4 cm³/mol. The number of Topliss-reactive ketones (excluding diaryl/α,β-unsaturated/α-hetero) is 1. The number of hydrogen-bond acceptors (Lipinski definition) is 1. The van der Waals surface area contributed by atoms with Crippen molar-refractivity contribution >= 4 is 32.6 Å². The van der Waals surface area contributed by atoms with Gasteiger partial charge in [-0.15, -0.1) is 0 Å². The molecule has 0 saturated heterocycles. The zero-order valence-electron chi connectivity index (χ0n) is 7.80. The molecule has 2 nitrogen and oxygen atoms in total. The van der Waals surface area contributed by atoms with Gasteiger partial charge in [0.2, 0.25) is 0 Å². The lowest BCUT2D eigenvalue weighted by atomic mass is 10.1. The summed E-state index contributed by atoms with van der Waals surface area (Å²) in [5, 5.41) is 1.13. The van der Waals surface area contributed by atoms with Crippen LogP contribution in [0.1, 0.15) is 12.5 Å². The molecule has 0 bridgehead atoms. The van der Waals surface area contributed by atoms with Crippen molar-refractivity contribution < 1.29 is 4.79 Å². The van der Waals surface area contributed by atoms with E-state index in [0.29, 0.717) is 6.42 Å². The van der Waals surface area contributed by atoms with Crippen molar-refractivity contribution in [1.82, 2.24) is 4.98 Å². The van der Waals surface area contributed by atoms with E-state index in [1.807, 2.05) is 24.4 Å². The molecule has 72 valence electrons. The number of rotatable bonds is 2. The normalized spacial score (nSPS) is 10.7. The Kier molecular flexibility index (Phi) is 2.42. The van der Waals surface area contributed by atoms with Gasteiger partial charge in [-0.3, -0.25) is 4.79 Å². The summed E-state index contributed by atoms with van der Waals surface area (Å²) < 4.78 is 1.04. The molecule has 0 saturated carbocycles. The maximum absolute atomic E-state index is 11.0. The quantitative estimate of drug-likeness (QED) is 0.875. The highest BCUT2D eigenvalue weighted by molar-refractivity contribution is 9.10. The van der Waals surface area contributed by atoms with Gasteiger partial charge in [-0.2, -0.15) is 0 Å². The highest BCUT2D eigenvalue weighted by atomic mass is 79.9. The Morgan fingerprint density at radius 2 is 2.29 bits per heavy atom. The SMILES string of the molecule is CC(=O)Cc1c[nH]c2cc(Br)ccc12. The Morgan fingerprint density at radius 1 is 1.50 bits per heavy atom. The molecule has 1 N–H and O–H groups in total. The van der Waals surface area contributed by atoms with Gasteiger partial charge in [0.05, 0.1) is 0 Å². The molecule has 0 aliphatic heterocycles. The number of halogens is 1. The summed E-state index contributed by atoms with van der Waals surface area (Å²) in [5.41, 5.74) is 2.13. The minimum atomic E-state index is 0.189. The third-order valence-corrected chi connectivity index (χ3v) is 2.66. The number of hydrogen-bond donors (Lipinski definition) is 1. The van der Waals surface area contributed by atoms with Crippen molar-refractivity contribution in [2.45, 2.75) is 13.3 Å². The first-order chi connectivity index (χ1) is 6.66. The van der Waals surface area contributed by atoms with Crippen LogP contribution in [0, 0.1) is 0 Å². The van der Waals surface area contributed by atoms with E-state index in [0.717, 1.165) is 20.9 Å². The third-order valence-electron chi connectivity index (χ3n) is 2.17. The molecule has 0 aliphatic rings. The molecule has 0 radical (unpaired) electrons. The Hall–Kier alpha value is -1.09. The molecule has 2 aromatic rings. The van der Waals surface area contributed by atoms with Gasteiger partial charge >= 0.3 is 0 Å². The Morgan fingerprint density at radius 3 is 3.00 bits per heavy atom. The number of aromatic nitrogens is 1. The van der Waals surface area contributed by atoms with Crippen LogP contribution in [0.25, 0.3) is 10.9 Å². The van der Waals surface area contributed by atoms with Crippen LogP contribution in [0.2, 0.25) is 0 Å². The van der Waals surface area contributed by atoms with Crippen LogP contribution >= 0.6 is 15.9 Å². The van der Waals surface area contributed by atoms with Crippen molar-refractivity contribution in [3.8, 4) is 0 Å². The number of nitrogens with one attached hydrogen (secondary N) is 1. The van der Waals surface area contributed by atoms with Gasteiger partial charge in [0.15, 0.2) is 0 Å². The zero-order valence-corrected chi connectivity index (χ0v) is 9.39. The molecule has 3 heteroatoms. The summed E-state index contributed by atoms with van der Waals surface area (Å²) in [4.78, 5) is 14.2. The van der Waals surface area contributed by atoms with Crippen LogP contribution in [-0.4, -0.2) is 10.8 Å². The molecule has 0 amide bonds. The lowest BCUT2D eigenvalue weighted by molar-refractivity contribution is -0.116. The van der Waals surface area contributed by atoms with Gasteiger partial charge in [-0.05, 0) is 24.6 Å². The largest absolute Gasteiger partial charge is 0.361 e. The van der Waals surface area contributed by atoms with E-state index < -0.39 is 0 Å². The summed E-state index contributed by atoms with van der Waals surface area (Å²) in [5.74, 6) is 0.189. The van der Waals surface area contributed by atoms with E-state index >= 15 is 0 Å². The molecule has 1 heterocycles. The minimum Gasteiger partial charge on any atom is -0.361 e. The third kappa shape index (κ3) is 1.73. The summed E-state index contributed by atoms with van der Waals surface area (Å²) >= 11 is 3.41. The highest BCUT2D eigenvalue weighted by Gasteiger charge is 2.05. The summed E-state index contributed by atoms with van der Waals surface area (Å²) in [6, 6.07) is 6.02. The first-order valence-corrected chi connectivity index (χ1v) is 5.21. The Bertz CT molecular complexity index is 487. The van der Waals surface area contributed by atoms with Crippen molar-refractivity contribution in [2.75, 3.05) is 0 Å². The number of benzene rings is 1. The lowest BCUT2D eigenvalue weighted by Crippen LogP contribution is -1.94. The van der Waals surface area contributed by atoms with Crippen molar-refractivity contribution in [3.63, 3.8) is 0 Å². The van der Waals surface area contributed by atoms with E-state index in [1.165, 1.54) is 0 Å². The Balaban J connectivity index is 2.52. The molecule has 0 spiro atoms. The average Bonchev–Trinajstić information content (AvgIpc) is 2.47. The number of ketones is 1. The van der Waals surface area contributed by atoms with E-state index in [1.54, 1.807) is 6.92 Å². The second-order valence-electron chi connectivity index (χ2n) is 3.38. The zero-order chi connectivity index (χ0) is 10.1. The molecule has 0 aliphatic carbocycles. The summed E-state index contributed by atoms with van der Waals surface area (Å²) in [6.07, 6.45) is 2.40. The predicted octanol–water partition coefficient (Wildman–Crippen LogP) is 3.06. The van der Waals surface area contributed by atoms with E-state index in [2.05, 4.69) is 20.9 Å². The van der Waals surface area contributed by atoms with Crippen LogP contribution in [-0.2, 0) is 11.2 Å². The van der Waals surface area contributed by atoms with Crippen LogP contribution in [0.15, 0.2) is 28.9 Å². The van der Waals surface area contributed by atoms with E-state index in [-0.39, 0.29) is 5.78 Å². The van der Waals surface area contributed by atoms with E-state index in [4.69, 9.17) is 0 Å². The van der Waals surface area contributed by atoms with Crippen molar-refractivity contribution in [1.29, 1.82) is 0 Å². The fraction of sp³-hybridized carbons (Fsp3) is 0.182. The standard InChI is InChI=1S/C11H10BrNO/c1-7(14)4-8-6-13-11-5-9(12)2-3-10(8)11/h2-3,5-6,13H,4H2,1H3. The van der Waals surface area contributed by atoms with Gasteiger partial charge in [-0.25, -0.2) is 0 Å². The van der Waals surface area contributed by atoms with Crippen LogP contribution in [0.4, 0.5) is 0 Å². The maximum atomic E-state index is 11.0. The lowest BCUT2D eigenvalue weighted by Gasteiger charge is -1.95. The van der Waals surface area contributed by atoms with Gasteiger partial charge in [0, 0.05) is 28.0 Å². The molecule has 0 unspecified atom stereocenters. The topological polar surface area (TPSA) is 32.9 Å². The van der Waals surface area contributed by atoms with Crippen LogP contribution in [0.5, 0.6) is 0 Å². The average molecular weight is 252 g/mol. The maximum Gasteiger partial charge on any atom is 0.134 e. The number of H-pyrrole nitrogens is 1. The fourth-order valence-electron chi connectivity index (χ4n) is 1.57. The van der Waals surface area contributed by atoms with Gasteiger partial charge in [-0.1, -0.05) is 22.0 Å². The molecule has 14 heavy (non-hydrogen) atoms. The van der Waals surface area contributed by atoms with Crippen molar-refractivity contribution in [2.24, 2.45) is 0 Å². The Labute approximate surface area is 90.4 Å². The number of aromatic amines is 1. The van der Waals surface area contributed by atoms with Gasteiger partial charge in [0.25, 0.3) is 0 Å². The van der Waals surface area contributed by atoms with E-state index in [9.17, 15) is 4.79 Å². The fourth-order valence-corrected chi connectivity index (χ4v) is 1.93. The number of carbonyl (C=O) groups is 1. The molecule has 1 aromatic heterocycles. The summed E-state index contributed by atoms with van der Waals surface area (Å²) in [7, 11) is 0. The molecule has 2 rings (SSSR count). The van der Waals surface area contributed by atoms with Crippen LogP contribution < -0.4 is 0 Å². The first kappa shape index (κ1) is 9.46. The van der Waals surface area contributed by atoms with Gasteiger partial charge in [0.1, 0.15) is 5.78 Å². The molecule has 0 fully saturated rings. The smallest absolute Gasteiger partial charge is 0.134 e. The molecular formula is C11H10BrNO. The second kappa shape index (κ2) is 3.58.